The Morgan fingerprint density at radius 3 is 2.83 bits per heavy atom. The molecular formula is C16H15F2N3O2. The Bertz CT molecular complexity index is 817. The van der Waals surface area contributed by atoms with Crippen molar-refractivity contribution in [2.45, 2.75) is 25.8 Å². The molecule has 0 unspecified atom stereocenters. The molecule has 1 aromatic carbocycles. The standard InChI is InChI=1S/C16H15F2N3O2/c17-12-5-4-11(8-13(12)18)16(23)19-6-7-21-15(22)9-10-2-1-3-14(10)20-21/h4-5,8-9H,1-3,6-7H2,(H,19,23). The van der Waals surface area contributed by atoms with Crippen molar-refractivity contribution in [3.8, 4) is 0 Å². The Morgan fingerprint density at radius 1 is 1.22 bits per heavy atom. The van der Waals surface area contributed by atoms with Gasteiger partial charge in [0.05, 0.1) is 12.2 Å². The minimum atomic E-state index is -1.07. The fourth-order valence-electron chi connectivity index (χ4n) is 2.61. The normalized spacial score (nSPS) is 13.0. The Hall–Kier alpha value is -2.57. The highest BCUT2D eigenvalue weighted by molar-refractivity contribution is 5.94. The minimum Gasteiger partial charge on any atom is -0.350 e. The second kappa shape index (κ2) is 6.28. The van der Waals surface area contributed by atoms with E-state index in [2.05, 4.69) is 10.4 Å². The lowest BCUT2D eigenvalue weighted by atomic mass is 10.2. The molecule has 7 heteroatoms. The summed E-state index contributed by atoms with van der Waals surface area (Å²) in [5.74, 6) is -2.61. The molecule has 1 aromatic heterocycles. The van der Waals surface area contributed by atoms with Gasteiger partial charge in [0.15, 0.2) is 11.6 Å². The maximum atomic E-state index is 13.1. The molecule has 0 atom stereocenters. The van der Waals surface area contributed by atoms with Crippen LogP contribution < -0.4 is 10.9 Å². The van der Waals surface area contributed by atoms with E-state index in [9.17, 15) is 18.4 Å². The lowest BCUT2D eigenvalue weighted by Gasteiger charge is -2.08. The average molecular weight is 319 g/mol. The van der Waals surface area contributed by atoms with E-state index in [4.69, 9.17) is 0 Å². The number of amides is 1. The van der Waals surface area contributed by atoms with Crippen LogP contribution >= 0.6 is 0 Å². The van der Waals surface area contributed by atoms with Gasteiger partial charge in [0.25, 0.3) is 11.5 Å². The summed E-state index contributed by atoms with van der Waals surface area (Å²) in [5.41, 5.74) is 1.75. The smallest absolute Gasteiger partial charge is 0.267 e. The van der Waals surface area contributed by atoms with Crippen LogP contribution in [0.5, 0.6) is 0 Å². The zero-order chi connectivity index (χ0) is 16.4. The molecule has 0 radical (unpaired) electrons. The maximum absolute atomic E-state index is 13.1. The lowest BCUT2D eigenvalue weighted by Crippen LogP contribution is -2.32. The summed E-state index contributed by atoms with van der Waals surface area (Å²) in [7, 11) is 0. The van der Waals surface area contributed by atoms with Crippen LogP contribution in [0.3, 0.4) is 0 Å². The Labute approximate surface area is 130 Å². The quantitative estimate of drug-likeness (QED) is 0.927. The molecule has 0 fully saturated rings. The number of aryl methyl sites for hydroxylation is 2. The van der Waals surface area contributed by atoms with Gasteiger partial charge in [-0.3, -0.25) is 9.59 Å². The van der Waals surface area contributed by atoms with Gasteiger partial charge in [-0.2, -0.15) is 5.10 Å². The summed E-state index contributed by atoms with van der Waals surface area (Å²) in [6, 6.07) is 4.53. The molecule has 0 spiro atoms. The first-order valence-corrected chi connectivity index (χ1v) is 7.38. The molecule has 0 saturated heterocycles. The number of aromatic nitrogens is 2. The van der Waals surface area contributed by atoms with E-state index in [0.29, 0.717) is 0 Å². The SMILES string of the molecule is O=C(NCCn1nc2c(cc1=O)CCC2)c1ccc(F)c(F)c1. The average Bonchev–Trinajstić information content (AvgIpc) is 2.97. The van der Waals surface area contributed by atoms with Gasteiger partial charge < -0.3 is 5.32 Å². The van der Waals surface area contributed by atoms with E-state index in [0.717, 1.165) is 42.7 Å². The van der Waals surface area contributed by atoms with E-state index in [1.54, 1.807) is 6.07 Å². The van der Waals surface area contributed by atoms with Crippen LogP contribution in [-0.2, 0) is 19.4 Å². The van der Waals surface area contributed by atoms with E-state index in [-0.39, 0.29) is 24.2 Å². The summed E-state index contributed by atoms with van der Waals surface area (Å²) in [6.45, 7) is 0.394. The van der Waals surface area contributed by atoms with Crippen molar-refractivity contribution < 1.29 is 13.6 Å². The molecule has 1 aliphatic rings. The Balaban J connectivity index is 1.62. The van der Waals surface area contributed by atoms with Crippen molar-refractivity contribution in [1.82, 2.24) is 15.1 Å². The van der Waals surface area contributed by atoms with Crippen LogP contribution in [0.2, 0.25) is 0 Å². The topological polar surface area (TPSA) is 64.0 Å². The van der Waals surface area contributed by atoms with Gasteiger partial charge in [-0.15, -0.1) is 0 Å². The fraction of sp³-hybridized carbons (Fsp3) is 0.312. The lowest BCUT2D eigenvalue weighted by molar-refractivity contribution is 0.0951. The number of hydrogen-bond donors (Lipinski definition) is 1. The molecule has 3 rings (SSSR count). The summed E-state index contributed by atoms with van der Waals surface area (Å²) >= 11 is 0. The van der Waals surface area contributed by atoms with Crippen LogP contribution in [0.4, 0.5) is 8.78 Å². The highest BCUT2D eigenvalue weighted by Crippen LogP contribution is 2.16. The van der Waals surface area contributed by atoms with Crippen molar-refractivity contribution >= 4 is 5.91 Å². The molecule has 1 heterocycles. The van der Waals surface area contributed by atoms with Crippen LogP contribution in [0.25, 0.3) is 0 Å². The van der Waals surface area contributed by atoms with Gasteiger partial charge in [0, 0.05) is 18.2 Å². The molecule has 0 bridgehead atoms. The van der Waals surface area contributed by atoms with Crippen molar-refractivity contribution in [2.24, 2.45) is 0 Å². The zero-order valence-electron chi connectivity index (χ0n) is 12.3. The van der Waals surface area contributed by atoms with Gasteiger partial charge in [-0.1, -0.05) is 0 Å². The van der Waals surface area contributed by atoms with Gasteiger partial charge in [0.1, 0.15) is 0 Å². The number of nitrogens with zero attached hydrogens (tertiary/aromatic N) is 2. The number of hydrogen-bond acceptors (Lipinski definition) is 3. The number of carbonyl (C=O) groups is 1. The third kappa shape index (κ3) is 3.28. The van der Waals surface area contributed by atoms with Crippen LogP contribution in [0, 0.1) is 11.6 Å². The van der Waals surface area contributed by atoms with Crippen molar-refractivity contribution in [2.75, 3.05) is 6.54 Å². The summed E-state index contributed by atoms with van der Waals surface area (Å²) in [6.07, 6.45) is 2.74. The number of fused-ring (bicyclic) bond motifs is 1. The van der Waals surface area contributed by atoms with Crippen LogP contribution in [-0.4, -0.2) is 22.2 Å². The maximum Gasteiger partial charge on any atom is 0.267 e. The predicted octanol–water partition coefficient (Wildman–Crippen LogP) is 1.44. The Morgan fingerprint density at radius 2 is 2.04 bits per heavy atom. The summed E-state index contributed by atoms with van der Waals surface area (Å²) in [5, 5.41) is 6.85. The molecule has 0 aliphatic heterocycles. The minimum absolute atomic E-state index is 0.0261. The highest BCUT2D eigenvalue weighted by Gasteiger charge is 2.15. The number of nitrogens with one attached hydrogen (secondary N) is 1. The van der Waals surface area contributed by atoms with Crippen molar-refractivity contribution in [3.05, 3.63) is 63.1 Å². The van der Waals surface area contributed by atoms with Crippen molar-refractivity contribution in [1.29, 1.82) is 0 Å². The molecule has 5 nitrogen and oxygen atoms in total. The monoisotopic (exact) mass is 319 g/mol. The Kier molecular flexibility index (Phi) is 4.18. The second-order valence-electron chi connectivity index (χ2n) is 5.42. The third-order valence-electron chi connectivity index (χ3n) is 3.81. The molecule has 23 heavy (non-hydrogen) atoms. The molecule has 120 valence electrons. The first-order valence-electron chi connectivity index (χ1n) is 7.38. The largest absolute Gasteiger partial charge is 0.350 e. The van der Waals surface area contributed by atoms with Gasteiger partial charge in [-0.05, 0) is 43.0 Å². The molecule has 1 aliphatic carbocycles. The molecule has 2 aromatic rings. The van der Waals surface area contributed by atoms with E-state index in [1.165, 1.54) is 10.7 Å². The van der Waals surface area contributed by atoms with E-state index in [1.807, 2.05) is 0 Å². The first-order chi connectivity index (χ1) is 11.0. The van der Waals surface area contributed by atoms with Gasteiger partial charge >= 0.3 is 0 Å². The number of rotatable bonds is 4. The summed E-state index contributed by atoms with van der Waals surface area (Å²) in [4.78, 5) is 23.8. The molecule has 1 N–H and O–H groups in total. The van der Waals surface area contributed by atoms with E-state index >= 15 is 0 Å². The van der Waals surface area contributed by atoms with Gasteiger partial charge in [0.2, 0.25) is 0 Å². The molecule has 0 saturated carbocycles. The molecule has 1 amide bonds. The van der Waals surface area contributed by atoms with E-state index < -0.39 is 17.5 Å². The first kappa shape index (κ1) is 15.3. The van der Waals surface area contributed by atoms with Crippen LogP contribution in [0.1, 0.15) is 28.0 Å². The second-order valence-corrected chi connectivity index (χ2v) is 5.42. The number of benzene rings is 1. The third-order valence-corrected chi connectivity index (χ3v) is 3.81. The summed E-state index contributed by atoms with van der Waals surface area (Å²) < 4.78 is 27.2. The van der Waals surface area contributed by atoms with Gasteiger partial charge in [-0.25, -0.2) is 13.5 Å². The molecular weight excluding hydrogens is 304 g/mol. The van der Waals surface area contributed by atoms with Crippen LogP contribution in [0.15, 0.2) is 29.1 Å². The highest BCUT2D eigenvalue weighted by atomic mass is 19.2. The zero-order valence-corrected chi connectivity index (χ0v) is 12.3. The number of halogens is 2. The fourth-order valence-corrected chi connectivity index (χ4v) is 2.61. The predicted molar refractivity (Wildman–Crippen MR) is 79.2 cm³/mol. The number of carbonyl (C=O) groups excluding carboxylic acids is 1. The van der Waals surface area contributed by atoms with Crippen molar-refractivity contribution in [3.63, 3.8) is 0 Å².